The van der Waals surface area contributed by atoms with E-state index in [0.29, 0.717) is 23.6 Å². The van der Waals surface area contributed by atoms with Crippen LogP contribution in [0.4, 0.5) is 5.82 Å². The third-order valence-corrected chi connectivity index (χ3v) is 4.80. The second kappa shape index (κ2) is 9.39. The summed E-state index contributed by atoms with van der Waals surface area (Å²) in [5.41, 5.74) is 10.1. The van der Waals surface area contributed by atoms with Crippen LogP contribution in [-0.2, 0) is 0 Å². The Balaban J connectivity index is 1.67. The van der Waals surface area contributed by atoms with Gasteiger partial charge in [-0.2, -0.15) is 9.78 Å². The van der Waals surface area contributed by atoms with E-state index in [0.717, 1.165) is 10.0 Å². The van der Waals surface area contributed by atoms with Gasteiger partial charge >= 0.3 is 0 Å². The number of carbonyl (C=O) groups excluding carboxylic acids is 1. The van der Waals surface area contributed by atoms with Crippen LogP contribution in [0.25, 0.3) is 17.1 Å². The number of aromatic nitrogens is 5. The number of hydrogen-bond acceptors (Lipinski definition) is 9. The maximum atomic E-state index is 12.9. The number of nitrogens with one attached hydrogen (secondary N) is 1. The predicted molar refractivity (Wildman–Crippen MR) is 119 cm³/mol. The van der Waals surface area contributed by atoms with Crippen molar-refractivity contribution >= 4 is 33.9 Å². The van der Waals surface area contributed by atoms with E-state index < -0.39 is 5.91 Å². The smallest absolute Gasteiger partial charge is 0.294 e. The van der Waals surface area contributed by atoms with Crippen LogP contribution in [-0.4, -0.2) is 44.0 Å². The Bertz CT molecular complexity index is 1250. The minimum absolute atomic E-state index is 0.00213. The Morgan fingerprint density at radius 1 is 1.22 bits per heavy atom. The highest BCUT2D eigenvalue weighted by Gasteiger charge is 2.25. The monoisotopic (exact) mass is 496 g/mol. The van der Waals surface area contributed by atoms with Crippen molar-refractivity contribution in [2.24, 2.45) is 5.10 Å². The molecule has 2 aromatic carbocycles. The molecule has 0 radical (unpaired) electrons. The van der Waals surface area contributed by atoms with Gasteiger partial charge in [-0.25, -0.2) is 10.1 Å². The first-order valence-corrected chi connectivity index (χ1v) is 10.2. The maximum absolute atomic E-state index is 12.9. The Hall–Kier alpha value is -4.06. The lowest BCUT2D eigenvalue weighted by Crippen LogP contribution is -2.19. The van der Waals surface area contributed by atoms with Crippen LogP contribution in [0.5, 0.6) is 5.75 Å². The summed E-state index contributed by atoms with van der Waals surface area (Å²) in [5, 5.41) is 19.4. The fourth-order valence-electron chi connectivity index (χ4n) is 2.82. The number of anilines is 1. The summed E-state index contributed by atoms with van der Waals surface area (Å²) < 4.78 is 12.4. The Kier molecular flexibility index (Phi) is 6.22. The molecule has 0 aliphatic carbocycles. The van der Waals surface area contributed by atoms with Gasteiger partial charge in [0.1, 0.15) is 11.4 Å². The SMILES string of the molecule is CCOc1ccc(-c2c(C(=O)NN=Cc3ccc(Br)cc3)nnn2-c2nonc2N)cc1. The topological polar surface area (TPSA) is 146 Å². The molecule has 2 heterocycles. The van der Waals surface area contributed by atoms with Crippen LogP contribution in [0.15, 0.2) is 62.7 Å². The van der Waals surface area contributed by atoms with Gasteiger partial charge in [-0.1, -0.05) is 33.3 Å². The number of hydrogen-bond donors (Lipinski definition) is 2. The highest BCUT2D eigenvalue weighted by molar-refractivity contribution is 9.10. The van der Waals surface area contributed by atoms with Crippen molar-refractivity contribution in [1.29, 1.82) is 0 Å². The molecule has 0 fully saturated rings. The second-order valence-electron chi connectivity index (χ2n) is 6.38. The van der Waals surface area contributed by atoms with Crippen LogP contribution in [0.3, 0.4) is 0 Å². The van der Waals surface area contributed by atoms with E-state index in [1.807, 2.05) is 31.2 Å². The van der Waals surface area contributed by atoms with Crippen LogP contribution >= 0.6 is 15.9 Å². The van der Waals surface area contributed by atoms with Crippen LogP contribution in [0, 0.1) is 0 Å². The van der Waals surface area contributed by atoms with Crippen molar-refractivity contribution in [3.63, 3.8) is 0 Å². The summed E-state index contributed by atoms with van der Waals surface area (Å²) in [6.07, 6.45) is 1.52. The molecule has 4 aromatic rings. The van der Waals surface area contributed by atoms with E-state index in [9.17, 15) is 4.79 Å². The van der Waals surface area contributed by atoms with Crippen LogP contribution in [0.1, 0.15) is 23.0 Å². The summed E-state index contributed by atoms with van der Waals surface area (Å²) in [6.45, 7) is 2.43. The first-order valence-electron chi connectivity index (χ1n) is 9.43. The molecule has 0 saturated carbocycles. The van der Waals surface area contributed by atoms with Gasteiger partial charge in [-0.15, -0.1) is 5.10 Å². The highest BCUT2D eigenvalue weighted by Crippen LogP contribution is 2.28. The molecule has 0 atom stereocenters. The first-order chi connectivity index (χ1) is 15.6. The molecule has 12 heteroatoms. The normalized spacial score (nSPS) is 11.1. The van der Waals surface area contributed by atoms with Gasteiger partial charge in [-0.3, -0.25) is 4.79 Å². The molecule has 32 heavy (non-hydrogen) atoms. The molecule has 4 rings (SSSR count). The molecule has 11 nitrogen and oxygen atoms in total. The van der Waals surface area contributed by atoms with Gasteiger partial charge in [0.25, 0.3) is 5.91 Å². The van der Waals surface area contributed by atoms with E-state index in [1.165, 1.54) is 10.9 Å². The molecule has 0 spiro atoms. The van der Waals surface area contributed by atoms with Crippen molar-refractivity contribution in [3.05, 3.63) is 64.3 Å². The summed E-state index contributed by atoms with van der Waals surface area (Å²) >= 11 is 3.37. The van der Waals surface area contributed by atoms with Gasteiger partial charge < -0.3 is 10.5 Å². The predicted octanol–water partition coefficient (Wildman–Crippen LogP) is 2.82. The molecular formula is C20H17BrN8O3. The standard InChI is InChI=1S/C20H17BrN8O3/c1-2-31-15-9-5-13(6-10-15)17-16(24-28-29(17)19-18(22)26-32-27-19)20(30)25-23-11-12-3-7-14(21)8-4-12/h3-11H,2H2,1H3,(H2,22,26)(H,25,30). The number of rotatable bonds is 7. The fourth-order valence-corrected chi connectivity index (χ4v) is 3.09. The molecule has 0 aliphatic rings. The number of nitrogen functional groups attached to an aromatic ring is 1. The van der Waals surface area contributed by atoms with E-state index in [2.05, 4.69) is 51.7 Å². The molecule has 0 aliphatic heterocycles. The number of nitrogens with zero attached hydrogens (tertiary/aromatic N) is 6. The number of nitrogens with two attached hydrogens (primary N) is 1. The van der Waals surface area contributed by atoms with Crippen molar-refractivity contribution in [3.8, 4) is 22.8 Å². The summed E-state index contributed by atoms with van der Waals surface area (Å²) in [5.74, 6) is 0.229. The average Bonchev–Trinajstić information content (AvgIpc) is 3.42. The molecule has 0 unspecified atom stereocenters. The van der Waals surface area contributed by atoms with Crippen molar-refractivity contribution in [2.45, 2.75) is 6.92 Å². The zero-order valence-corrected chi connectivity index (χ0v) is 18.4. The van der Waals surface area contributed by atoms with E-state index >= 15 is 0 Å². The molecule has 2 aromatic heterocycles. The Labute approximate surface area is 190 Å². The van der Waals surface area contributed by atoms with Gasteiger partial charge in [0, 0.05) is 10.0 Å². The van der Waals surface area contributed by atoms with Crippen LogP contribution < -0.4 is 15.9 Å². The quantitative estimate of drug-likeness (QED) is 0.293. The average molecular weight is 497 g/mol. The number of carbonyl (C=O) groups is 1. The van der Waals surface area contributed by atoms with Gasteiger partial charge in [-0.05, 0) is 59.2 Å². The third-order valence-electron chi connectivity index (χ3n) is 4.27. The van der Waals surface area contributed by atoms with Crippen molar-refractivity contribution in [2.75, 3.05) is 12.3 Å². The number of halogens is 1. The number of ether oxygens (including phenoxy) is 1. The van der Waals surface area contributed by atoms with Gasteiger partial charge in [0.05, 0.1) is 12.8 Å². The molecule has 1 amide bonds. The zero-order valence-electron chi connectivity index (χ0n) is 16.8. The van der Waals surface area contributed by atoms with E-state index in [1.54, 1.807) is 24.3 Å². The minimum atomic E-state index is -0.566. The lowest BCUT2D eigenvalue weighted by atomic mass is 10.1. The van der Waals surface area contributed by atoms with Crippen molar-refractivity contribution < 1.29 is 14.2 Å². The molecule has 0 saturated heterocycles. The maximum Gasteiger partial charge on any atom is 0.294 e. The van der Waals surface area contributed by atoms with Gasteiger partial charge in [0.2, 0.25) is 11.6 Å². The zero-order chi connectivity index (χ0) is 22.5. The Morgan fingerprint density at radius 2 is 1.97 bits per heavy atom. The number of hydrazone groups is 1. The summed E-state index contributed by atoms with van der Waals surface area (Å²) in [6, 6.07) is 14.5. The van der Waals surface area contributed by atoms with E-state index in [-0.39, 0.29) is 17.3 Å². The Morgan fingerprint density at radius 3 is 2.62 bits per heavy atom. The molecular weight excluding hydrogens is 480 g/mol. The first kappa shape index (κ1) is 21.2. The van der Waals surface area contributed by atoms with Crippen molar-refractivity contribution in [1.82, 2.24) is 30.7 Å². The minimum Gasteiger partial charge on any atom is -0.494 e. The lowest BCUT2D eigenvalue weighted by molar-refractivity contribution is 0.0950. The highest BCUT2D eigenvalue weighted by atomic mass is 79.9. The van der Waals surface area contributed by atoms with E-state index in [4.69, 9.17) is 10.5 Å². The van der Waals surface area contributed by atoms with Crippen LogP contribution in [0.2, 0.25) is 0 Å². The third kappa shape index (κ3) is 4.49. The summed E-state index contributed by atoms with van der Waals surface area (Å²) in [7, 11) is 0. The lowest BCUT2D eigenvalue weighted by Gasteiger charge is -2.07. The molecule has 3 N–H and O–H groups in total. The second-order valence-corrected chi connectivity index (χ2v) is 7.30. The number of benzene rings is 2. The molecule has 0 bridgehead atoms. The van der Waals surface area contributed by atoms with Gasteiger partial charge in [0.15, 0.2) is 5.69 Å². The number of amides is 1. The largest absolute Gasteiger partial charge is 0.494 e. The molecule has 162 valence electrons. The summed E-state index contributed by atoms with van der Waals surface area (Å²) in [4.78, 5) is 12.9. The fraction of sp³-hybridized carbons (Fsp3) is 0.100.